The molecule has 2 aromatic rings. The van der Waals surface area contributed by atoms with Crippen molar-refractivity contribution in [2.75, 3.05) is 50.5 Å². The van der Waals surface area contributed by atoms with Crippen LogP contribution in [0.4, 0.5) is 11.4 Å². The minimum absolute atomic E-state index is 0.00276. The maximum Gasteiger partial charge on any atom is 0.262 e. The topological polar surface area (TPSA) is 108 Å². The highest BCUT2D eigenvalue weighted by Gasteiger charge is 2.29. The molecule has 9 nitrogen and oxygen atoms in total. The van der Waals surface area contributed by atoms with Crippen LogP contribution in [0.3, 0.4) is 0 Å². The molecule has 33 heavy (non-hydrogen) atoms. The zero-order chi connectivity index (χ0) is 23.4. The summed E-state index contributed by atoms with van der Waals surface area (Å²) < 4.78 is 32.6. The van der Waals surface area contributed by atoms with Gasteiger partial charge in [-0.15, -0.1) is 0 Å². The number of nitrogens with zero attached hydrogens (tertiary/aromatic N) is 2. The van der Waals surface area contributed by atoms with E-state index < -0.39 is 10.0 Å². The summed E-state index contributed by atoms with van der Waals surface area (Å²) in [7, 11) is -1.58. The number of amides is 2. The number of nitrogens with one attached hydrogen (secondary N) is 2. The normalized spacial score (nSPS) is 17.4. The van der Waals surface area contributed by atoms with Crippen molar-refractivity contribution in [3.05, 3.63) is 48.5 Å². The van der Waals surface area contributed by atoms with Crippen molar-refractivity contribution in [3.63, 3.8) is 0 Å². The van der Waals surface area contributed by atoms with E-state index in [1.165, 1.54) is 16.4 Å². The molecule has 1 saturated carbocycles. The number of rotatable bonds is 8. The Balaban J connectivity index is 1.29. The summed E-state index contributed by atoms with van der Waals surface area (Å²) >= 11 is 0. The number of sulfonamides is 1. The lowest BCUT2D eigenvalue weighted by molar-refractivity contribution is -0.118. The third-order valence-electron chi connectivity index (χ3n) is 5.66. The lowest BCUT2D eigenvalue weighted by Crippen LogP contribution is -2.46. The second kappa shape index (κ2) is 9.90. The molecule has 0 aromatic heterocycles. The first-order valence-electron chi connectivity index (χ1n) is 10.9. The Bertz CT molecular complexity index is 1110. The number of benzene rings is 2. The molecular weight excluding hydrogens is 444 g/mol. The van der Waals surface area contributed by atoms with Crippen LogP contribution in [0.25, 0.3) is 0 Å². The summed E-state index contributed by atoms with van der Waals surface area (Å²) in [6.45, 7) is 2.09. The van der Waals surface area contributed by atoms with Crippen LogP contribution in [0.5, 0.6) is 5.75 Å². The number of piperazine rings is 1. The van der Waals surface area contributed by atoms with Gasteiger partial charge in [0, 0.05) is 49.5 Å². The van der Waals surface area contributed by atoms with E-state index in [0.717, 1.165) is 12.8 Å². The Hall–Kier alpha value is -2.95. The predicted molar refractivity (Wildman–Crippen MR) is 125 cm³/mol. The largest absolute Gasteiger partial charge is 0.484 e. The first-order chi connectivity index (χ1) is 15.8. The molecule has 0 spiro atoms. The summed E-state index contributed by atoms with van der Waals surface area (Å²) in [6, 6.07) is 13.0. The van der Waals surface area contributed by atoms with Crippen LogP contribution in [0, 0.1) is 5.92 Å². The second-order valence-electron chi connectivity index (χ2n) is 8.36. The molecule has 10 heteroatoms. The summed E-state index contributed by atoms with van der Waals surface area (Å²) in [5.41, 5.74) is 1.10. The van der Waals surface area contributed by atoms with Gasteiger partial charge in [0.25, 0.3) is 5.91 Å². The fourth-order valence-electron chi connectivity index (χ4n) is 3.49. The molecule has 2 aromatic carbocycles. The number of anilines is 2. The van der Waals surface area contributed by atoms with Crippen molar-refractivity contribution in [2.45, 2.75) is 17.7 Å². The molecule has 4 rings (SSSR count). The molecule has 1 aliphatic carbocycles. The van der Waals surface area contributed by atoms with Crippen molar-refractivity contribution >= 4 is 33.2 Å². The monoisotopic (exact) mass is 472 g/mol. The van der Waals surface area contributed by atoms with Crippen LogP contribution in [0.2, 0.25) is 0 Å². The predicted octanol–water partition coefficient (Wildman–Crippen LogP) is 1.99. The molecule has 0 bridgehead atoms. The number of carbonyl (C=O) groups is 2. The summed E-state index contributed by atoms with van der Waals surface area (Å²) in [4.78, 5) is 26.4. The van der Waals surface area contributed by atoms with Crippen LogP contribution in [-0.4, -0.2) is 69.3 Å². The highest BCUT2D eigenvalue weighted by molar-refractivity contribution is 7.89. The summed E-state index contributed by atoms with van der Waals surface area (Å²) in [6.07, 6.45) is 1.84. The number of likely N-dealkylation sites (N-methyl/N-ethyl adjacent to an activating group) is 1. The first kappa shape index (κ1) is 23.2. The molecule has 2 N–H and O–H groups in total. The molecule has 0 radical (unpaired) electrons. The molecule has 1 aliphatic heterocycles. The van der Waals surface area contributed by atoms with Gasteiger partial charge in [0.15, 0.2) is 6.61 Å². The van der Waals surface area contributed by atoms with E-state index in [1.807, 2.05) is 7.05 Å². The molecular formula is C23H28N4O5S. The second-order valence-corrected chi connectivity index (χ2v) is 10.3. The molecule has 2 aliphatic rings. The number of ether oxygens (including phenoxy) is 1. The number of carbonyl (C=O) groups excluding carboxylic acids is 2. The fourth-order valence-corrected chi connectivity index (χ4v) is 4.91. The third kappa shape index (κ3) is 6.10. The summed E-state index contributed by atoms with van der Waals surface area (Å²) in [5.74, 6) is 0.190. The van der Waals surface area contributed by atoms with Crippen molar-refractivity contribution in [2.24, 2.45) is 5.92 Å². The molecule has 0 atom stereocenters. The lowest BCUT2D eigenvalue weighted by atomic mass is 10.3. The van der Waals surface area contributed by atoms with E-state index in [0.29, 0.717) is 43.3 Å². The number of hydrogen-bond acceptors (Lipinski definition) is 6. The number of hydrogen-bond donors (Lipinski definition) is 2. The van der Waals surface area contributed by atoms with E-state index in [2.05, 4.69) is 15.5 Å². The van der Waals surface area contributed by atoms with E-state index in [-0.39, 0.29) is 29.2 Å². The van der Waals surface area contributed by atoms with Crippen LogP contribution < -0.4 is 15.4 Å². The fraction of sp³-hybridized carbons (Fsp3) is 0.391. The lowest BCUT2D eigenvalue weighted by Gasteiger charge is -2.31. The van der Waals surface area contributed by atoms with Crippen molar-refractivity contribution in [3.8, 4) is 5.75 Å². The van der Waals surface area contributed by atoms with Crippen molar-refractivity contribution in [1.29, 1.82) is 0 Å². The van der Waals surface area contributed by atoms with Gasteiger partial charge in [0.1, 0.15) is 5.75 Å². The smallest absolute Gasteiger partial charge is 0.262 e. The molecule has 1 saturated heterocycles. The van der Waals surface area contributed by atoms with Gasteiger partial charge >= 0.3 is 0 Å². The van der Waals surface area contributed by atoms with E-state index in [4.69, 9.17) is 4.74 Å². The van der Waals surface area contributed by atoms with Crippen LogP contribution in [-0.2, 0) is 19.6 Å². The molecule has 176 valence electrons. The SMILES string of the molecule is CN1CCN(S(=O)(=O)c2ccc(NC(=O)COc3cccc(NC(=O)C4CC4)c3)cc2)CC1. The van der Waals surface area contributed by atoms with Gasteiger partial charge in [-0.05, 0) is 56.3 Å². The van der Waals surface area contributed by atoms with E-state index >= 15 is 0 Å². The first-order valence-corrected chi connectivity index (χ1v) is 12.4. The van der Waals surface area contributed by atoms with Gasteiger partial charge in [-0.3, -0.25) is 9.59 Å². The van der Waals surface area contributed by atoms with Gasteiger partial charge in [0.05, 0.1) is 4.90 Å². The maximum absolute atomic E-state index is 12.8. The van der Waals surface area contributed by atoms with Gasteiger partial charge in [-0.25, -0.2) is 8.42 Å². The third-order valence-corrected chi connectivity index (χ3v) is 7.57. The van der Waals surface area contributed by atoms with Crippen molar-refractivity contribution in [1.82, 2.24) is 9.21 Å². The van der Waals surface area contributed by atoms with E-state index in [1.54, 1.807) is 36.4 Å². The molecule has 2 fully saturated rings. The molecule has 1 heterocycles. The Labute approximate surface area is 193 Å². The van der Waals surface area contributed by atoms with Crippen LogP contribution in [0.1, 0.15) is 12.8 Å². The zero-order valence-electron chi connectivity index (χ0n) is 18.5. The van der Waals surface area contributed by atoms with Gasteiger partial charge in [-0.2, -0.15) is 4.31 Å². The van der Waals surface area contributed by atoms with E-state index in [9.17, 15) is 18.0 Å². The Kier molecular flexibility index (Phi) is 6.96. The van der Waals surface area contributed by atoms with Crippen LogP contribution >= 0.6 is 0 Å². The standard InChI is InChI=1S/C23H28N4O5S/c1-26-11-13-27(14-12-26)33(30,31)21-9-7-18(8-10-21)24-22(28)16-32-20-4-2-3-19(15-20)25-23(29)17-5-6-17/h2-4,7-10,15,17H,5-6,11-14,16H2,1H3,(H,24,28)(H,25,29). The highest BCUT2D eigenvalue weighted by atomic mass is 32.2. The van der Waals surface area contributed by atoms with Gasteiger partial charge in [-0.1, -0.05) is 6.07 Å². The van der Waals surface area contributed by atoms with Gasteiger partial charge in [0.2, 0.25) is 15.9 Å². The molecule has 0 unspecified atom stereocenters. The quantitative estimate of drug-likeness (QED) is 0.608. The minimum Gasteiger partial charge on any atom is -0.484 e. The van der Waals surface area contributed by atoms with Crippen LogP contribution in [0.15, 0.2) is 53.4 Å². The molecule has 2 amide bonds. The van der Waals surface area contributed by atoms with Crippen molar-refractivity contribution < 1.29 is 22.7 Å². The minimum atomic E-state index is -3.55. The Morgan fingerprint density at radius 1 is 0.970 bits per heavy atom. The Morgan fingerprint density at radius 3 is 2.33 bits per heavy atom. The average molecular weight is 473 g/mol. The van der Waals surface area contributed by atoms with Gasteiger partial charge < -0.3 is 20.3 Å². The summed E-state index contributed by atoms with van der Waals surface area (Å²) in [5, 5.41) is 5.54. The maximum atomic E-state index is 12.8. The Morgan fingerprint density at radius 2 is 1.67 bits per heavy atom. The highest BCUT2D eigenvalue weighted by Crippen LogP contribution is 2.30. The zero-order valence-corrected chi connectivity index (χ0v) is 19.3. The average Bonchev–Trinajstić information content (AvgIpc) is 3.64.